The van der Waals surface area contributed by atoms with Crippen LogP contribution in [-0.2, 0) is 27.4 Å². The maximum Gasteiger partial charge on any atom is 0.317 e. The Morgan fingerprint density at radius 1 is 0.758 bits per heavy atom. The fraction of sp³-hybridized carbons (Fsp3) is 0.321. The van der Waals surface area contributed by atoms with Gasteiger partial charge >= 0.3 is 5.97 Å². The number of likely N-dealkylation sites (tertiary alicyclic amines) is 2. The van der Waals surface area contributed by atoms with Crippen molar-refractivity contribution < 1.29 is 34.1 Å². The molecule has 2 amide bonds. The molecule has 5 aromatic carbocycles. The zero-order valence-corrected chi connectivity index (χ0v) is 36.9. The van der Waals surface area contributed by atoms with Crippen LogP contribution < -0.4 is 20.9 Å². The molecule has 0 saturated carbocycles. The van der Waals surface area contributed by atoms with Crippen LogP contribution in [0.15, 0.2) is 138 Å². The smallest absolute Gasteiger partial charge is 0.317 e. The molecule has 0 bridgehead atoms. The fourth-order valence-corrected chi connectivity index (χ4v) is 8.94. The highest BCUT2D eigenvalue weighted by molar-refractivity contribution is 5.94. The lowest BCUT2D eigenvalue weighted by Gasteiger charge is -2.32. The normalized spacial score (nSPS) is 15.8. The predicted octanol–water partition coefficient (Wildman–Crippen LogP) is 6.44. The number of piperidine rings is 2. The van der Waals surface area contributed by atoms with Crippen molar-refractivity contribution in [2.45, 2.75) is 56.8 Å². The zero-order chi connectivity index (χ0) is 45.8. The monoisotopic (exact) mass is 891 g/mol. The van der Waals surface area contributed by atoms with E-state index in [9.17, 15) is 29.4 Å². The molecule has 2 fully saturated rings. The molecule has 66 heavy (non-hydrogen) atoms. The number of amides is 2. The minimum Gasteiger partial charge on any atom is -0.506 e. The summed E-state index contributed by atoms with van der Waals surface area (Å²) < 4.78 is 12.0. The van der Waals surface area contributed by atoms with Gasteiger partial charge in [0, 0.05) is 55.8 Å². The molecule has 3 heterocycles. The number of phenolic OH excluding ortho intramolecular Hbond substituents is 1. The first-order valence-corrected chi connectivity index (χ1v) is 22.8. The number of esters is 1. The zero-order valence-electron chi connectivity index (χ0n) is 36.9. The third-order valence-corrected chi connectivity index (χ3v) is 12.6. The van der Waals surface area contributed by atoms with Crippen LogP contribution in [-0.4, -0.2) is 94.8 Å². The Labute approximate surface area is 384 Å². The first-order chi connectivity index (χ1) is 32.2. The number of rotatable bonds is 17. The highest BCUT2D eigenvalue weighted by Gasteiger charge is 2.28. The standard InChI is InChI=1S/C53H57N5O8/c59-46-20-18-44(45-19-21-48(61)56-51(45)46)47(60)32-54-31-36-14-16-40(17-15-36)52(63)58-28-24-42(25-29-58)55-49(62)35-65-43-13-7-12-41(30-43)50(39-10-5-2-6-11-39)53(64)66-34-38-22-26-57(27-23-38)33-37-8-3-1-4-9-37/h1-21,30,38,42,47,50,54,59-60H,22-29,31-35H2,(H,55,62)(H,56,61). The third-order valence-electron chi connectivity index (χ3n) is 12.6. The molecule has 0 spiro atoms. The van der Waals surface area contributed by atoms with Crippen molar-refractivity contribution in [3.63, 3.8) is 0 Å². The second kappa shape index (κ2) is 21.9. The van der Waals surface area contributed by atoms with Gasteiger partial charge in [-0.05, 0) is 109 Å². The van der Waals surface area contributed by atoms with Crippen molar-refractivity contribution in [3.05, 3.63) is 177 Å². The van der Waals surface area contributed by atoms with E-state index in [4.69, 9.17) is 9.47 Å². The average Bonchev–Trinajstić information content (AvgIpc) is 3.34. The van der Waals surface area contributed by atoms with Gasteiger partial charge < -0.3 is 40.2 Å². The van der Waals surface area contributed by atoms with Crippen LogP contribution in [0.5, 0.6) is 11.5 Å². The Kier molecular flexibility index (Phi) is 15.2. The van der Waals surface area contributed by atoms with Crippen LogP contribution in [0.2, 0.25) is 0 Å². The van der Waals surface area contributed by atoms with Crippen molar-refractivity contribution in [2.75, 3.05) is 45.9 Å². The van der Waals surface area contributed by atoms with Gasteiger partial charge in [-0.25, -0.2) is 0 Å². The molecular formula is C53H57N5O8. The minimum atomic E-state index is -0.885. The number of aliphatic hydroxyl groups is 1. The number of phenols is 1. The Balaban J connectivity index is 0.765. The quantitative estimate of drug-likeness (QED) is 0.0642. The highest BCUT2D eigenvalue weighted by atomic mass is 16.5. The number of pyridine rings is 1. The van der Waals surface area contributed by atoms with Crippen LogP contribution >= 0.6 is 0 Å². The van der Waals surface area contributed by atoms with E-state index in [2.05, 4.69) is 44.8 Å². The number of nitrogens with one attached hydrogen (secondary N) is 3. The third kappa shape index (κ3) is 11.9. The molecule has 2 unspecified atom stereocenters. The SMILES string of the molecule is O=C(COc1cccc(C(C(=O)OCC2CCN(Cc3ccccc3)CC2)c2ccccc2)c1)NC1CCN(C(=O)c2ccc(CNCC(O)c3ccc(O)c4[nH]c(=O)ccc34)cc2)CC1. The molecule has 2 aliphatic heterocycles. The molecule has 2 saturated heterocycles. The number of hydrogen-bond donors (Lipinski definition) is 5. The summed E-state index contributed by atoms with van der Waals surface area (Å²) in [6, 6.07) is 40.6. The molecule has 342 valence electrons. The Morgan fingerprint density at radius 2 is 1.47 bits per heavy atom. The summed E-state index contributed by atoms with van der Waals surface area (Å²) in [5, 5.41) is 27.9. The average molecular weight is 892 g/mol. The van der Waals surface area contributed by atoms with Crippen LogP contribution in [0.25, 0.3) is 10.9 Å². The van der Waals surface area contributed by atoms with Gasteiger partial charge in [0.2, 0.25) is 5.56 Å². The van der Waals surface area contributed by atoms with E-state index in [0.717, 1.165) is 49.2 Å². The number of aromatic amines is 1. The summed E-state index contributed by atoms with van der Waals surface area (Å²) in [7, 11) is 0. The van der Waals surface area contributed by atoms with Crippen LogP contribution in [0, 0.1) is 5.92 Å². The molecule has 6 aromatic rings. The van der Waals surface area contributed by atoms with Crippen molar-refractivity contribution in [3.8, 4) is 11.5 Å². The topological polar surface area (TPSA) is 174 Å². The van der Waals surface area contributed by atoms with Crippen molar-refractivity contribution in [1.82, 2.24) is 25.4 Å². The van der Waals surface area contributed by atoms with E-state index in [-0.39, 0.29) is 53.8 Å². The number of nitrogens with zero attached hydrogens (tertiary/aromatic N) is 2. The summed E-state index contributed by atoms with van der Waals surface area (Å²) >= 11 is 0. The summed E-state index contributed by atoms with van der Waals surface area (Å²) in [6.45, 7) is 4.72. The number of carbonyl (C=O) groups is 3. The van der Waals surface area contributed by atoms with Crippen LogP contribution in [0.1, 0.15) is 75.9 Å². The van der Waals surface area contributed by atoms with Crippen molar-refractivity contribution in [1.29, 1.82) is 0 Å². The molecule has 0 aliphatic carbocycles. The number of H-pyrrole nitrogens is 1. The highest BCUT2D eigenvalue weighted by Crippen LogP contribution is 2.31. The molecule has 1 aromatic heterocycles. The van der Waals surface area contributed by atoms with E-state index in [0.29, 0.717) is 67.3 Å². The predicted molar refractivity (Wildman–Crippen MR) is 252 cm³/mol. The largest absolute Gasteiger partial charge is 0.506 e. The van der Waals surface area contributed by atoms with E-state index >= 15 is 0 Å². The summed E-state index contributed by atoms with van der Waals surface area (Å²) in [5.41, 5.74) is 4.87. The van der Waals surface area contributed by atoms with E-state index in [1.807, 2.05) is 60.7 Å². The molecule has 0 radical (unpaired) electrons. The number of fused-ring (bicyclic) bond motifs is 1. The lowest BCUT2D eigenvalue weighted by atomic mass is 9.91. The van der Waals surface area contributed by atoms with Gasteiger partial charge in [0.25, 0.3) is 11.8 Å². The van der Waals surface area contributed by atoms with Gasteiger partial charge in [-0.15, -0.1) is 0 Å². The fourth-order valence-electron chi connectivity index (χ4n) is 8.94. The Morgan fingerprint density at radius 3 is 2.21 bits per heavy atom. The number of ether oxygens (including phenoxy) is 2. The Bertz CT molecular complexity index is 2630. The number of aromatic hydroxyl groups is 1. The van der Waals surface area contributed by atoms with Gasteiger partial charge in [0.15, 0.2) is 6.61 Å². The number of aliphatic hydroxyl groups excluding tert-OH is 1. The first kappa shape index (κ1) is 45.8. The summed E-state index contributed by atoms with van der Waals surface area (Å²) in [4.78, 5) is 58.9. The number of hydrogen-bond acceptors (Lipinski definition) is 10. The summed E-state index contributed by atoms with van der Waals surface area (Å²) in [6.07, 6.45) is 2.27. The molecular weight excluding hydrogens is 835 g/mol. The number of carbonyl (C=O) groups excluding carboxylic acids is 3. The van der Waals surface area contributed by atoms with Crippen molar-refractivity contribution >= 4 is 28.7 Å². The van der Waals surface area contributed by atoms with Crippen LogP contribution in [0.4, 0.5) is 0 Å². The van der Waals surface area contributed by atoms with Crippen molar-refractivity contribution in [2.24, 2.45) is 5.92 Å². The Hall–Kier alpha value is -6.80. The lowest BCUT2D eigenvalue weighted by Crippen LogP contribution is -2.47. The molecule has 8 rings (SSSR count). The second-order valence-electron chi connectivity index (χ2n) is 17.3. The molecule has 2 atom stereocenters. The van der Waals surface area contributed by atoms with Gasteiger partial charge in [-0.3, -0.25) is 24.1 Å². The molecule has 5 N–H and O–H groups in total. The maximum absolute atomic E-state index is 13.8. The van der Waals surface area contributed by atoms with Gasteiger partial charge in [0.05, 0.1) is 18.2 Å². The lowest BCUT2D eigenvalue weighted by molar-refractivity contribution is -0.146. The second-order valence-corrected chi connectivity index (χ2v) is 17.3. The summed E-state index contributed by atoms with van der Waals surface area (Å²) in [5.74, 6) is -0.580. The van der Waals surface area contributed by atoms with Gasteiger partial charge in [0.1, 0.15) is 17.4 Å². The van der Waals surface area contributed by atoms with E-state index in [1.165, 1.54) is 17.7 Å². The minimum absolute atomic E-state index is 0.0647. The number of benzene rings is 5. The molecule has 2 aliphatic rings. The number of aromatic nitrogens is 1. The molecule has 13 heteroatoms. The van der Waals surface area contributed by atoms with Crippen LogP contribution in [0.3, 0.4) is 0 Å². The molecule has 13 nitrogen and oxygen atoms in total. The van der Waals surface area contributed by atoms with Gasteiger partial charge in [-0.1, -0.05) is 91.0 Å². The maximum atomic E-state index is 13.8. The first-order valence-electron chi connectivity index (χ1n) is 22.8. The van der Waals surface area contributed by atoms with E-state index < -0.39 is 12.0 Å². The van der Waals surface area contributed by atoms with E-state index in [1.54, 1.807) is 41.3 Å². The van der Waals surface area contributed by atoms with Gasteiger partial charge in [-0.2, -0.15) is 0 Å².